The molecule has 11 heterocycles. The third-order valence-corrected chi connectivity index (χ3v) is 59.5. The van der Waals surface area contributed by atoms with Crippen LogP contribution in [-0.4, -0.2) is 10.9 Å². The normalized spacial score (nSPS) is 81.5. The van der Waals surface area contributed by atoms with Gasteiger partial charge in [0.2, 0.25) is 0 Å². The summed E-state index contributed by atoms with van der Waals surface area (Å²) in [5.74, 6) is -0.00257. The molecule has 10 aliphatic heterocycles. The van der Waals surface area contributed by atoms with Gasteiger partial charge in [0, 0.05) is 0 Å². The fourth-order valence-corrected chi connectivity index (χ4v) is 92.7. The molecule has 0 radical (unpaired) electrons. The summed E-state index contributed by atoms with van der Waals surface area (Å²) in [6, 6.07) is 12.6. The number of aromatic nitrogens is 1. The average molecular weight is 382 g/mol. The van der Waals surface area contributed by atoms with Gasteiger partial charge >= 0.3 is 141 Å². The first-order valence-corrected chi connectivity index (χ1v) is 16.3. The van der Waals surface area contributed by atoms with E-state index in [9.17, 15) is 4.79 Å². The fraction of sp³-hybridized carbons (Fsp3) is 0.455. The molecule has 1 spiro atoms. The molecule has 10 aliphatic rings. The van der Waals surface area contributed by atoms with Crippen molar-refractivity contribution >= 4 is 11.6 Å². The standard InChI is InChI=1S/C17H13N2O.C5H5.Fe/c20-17(14-8-5-11-18-12-14)19-16-10-4-3-9-15(16)13-6-1-2-7-13;1-2-4-5-3-1;/h1-12H,(H,19,20);1-5H;. The van der Waals surface area contributed by atoms with Gasteiger partial charge in [0.05, 0.1) is 0 Å². The van der Waals surface area contributed by atoms with Crippen LogP contribution in [0.15, 0.2) is 48.8 Å². The van der Waals surface area contributed by atoms with Crippen molar-refractivity contribution in [1.29, 1.82) is 0 Å². The molecule has 2 aromatic rings. The van der Waals surface area contributed by atoms with Crippen LogP contribution >= 0.6 is 0 Å². The van der Waals surface area contributed by atoms with E-state index in [1.807, 2.05) is 12.1 Å². The van der Waals surface area contributed by atoms with Gasteiger partial charge in [0.25, 0.3) is 0 Å². The van der Waals surface area contributed by atoms with Crippen molar-refractivity contribution in [2.24, 2.45) is 0 Å². The molecule has 1 aromatic heterocycles. The summed E-state index contributed by atoms with van der Waals surface area (Å²) in [7, 11) is 0. The quantitative estimate of drug-likeness (QED) is 0.748. The number of carbonyl (C=O) groups excluding carboxylic acids is 1. The first-order valence-electron chi connectivity index (χ1n) is 10.0. The average Bonchev–Trinajstić information content (AvgIpc) is 3.62. The molecule has 0 aliphatic carbocycles. The Kier molecular flexibility index (Phi) is 0.494. The number of anilines is 1. The Morgan fingerprint density at radius 1 is 0.923 bits per heavy atom. The molecular weight excluding hydrogens is 364 g/mol. The first kappa shape index (κ1) is 10.6. The zero-order valence-electron chi connectivity index (χ0n) is 14.0. The second-order valence-electron chi connectivity index (χ2n) is 12.9. The molecule has 130 valence electrons. The van der Waals surface area contributed by atoms with Gasteiger partial charge in [-0.2, -0.15) is 0 Å². The maximum absolute atomic E-state index is 12.8. The van der Waals surface area contributed by atoms with E-state index in [1.54, 1.807) is 18.0 Å². The van der Waals surface area contributed by atoms with Crippen molar-refractivity contribution in [3.63, 3.8) is 0 Å². The van der Waals surface area contributed by atoms with Gasteiger partial charge in [-0.15, -0.1) is 0 Å². The minimum atomic E-state index is -3.20. The van der Waals surface area contributed by atoms with E-state index in [0.717, 1.165) is 5.69 Å². The molecule has 4 atom stereocenters. The molecule has 1 amide bonds. The maximum atomic E-state index is 12.8. The third-order valence-electron chi connectivity index (χ3n) is 17.2. The molecule has 10 saturated heterocycles. The van der Waals surface area contributed by atoms with Crippen LogP contribution in [0.3, 0.4) is 0 Å². The summed E-state index contributed by atoms with van der Waals surface area (Å²) in [6.45, 7) is -3.20. The number of hydrogen-bond acceptors (Lipinski definition) is 2. The van der Waals surface area contributed by atoms with Gasteiger partial charge in [-0.3, -0.25) is 0 Å². The van der Waals surface area contributed by atoms with Crippen LogP contribution in [0.2, 0.25) is 43.3 Å². The van der Waals surface area contributed by atoms with E-state index in [-0.39, 0.29) is 5.91 Å². The number of rotatable bonds is 3. The molecule has 0 bridgehead atoms. The van der Waals surface area contributed by atoms with Crippen molar-refractivity contribution in [2.75, 3.05) is 5.32 Å². The van der Waals surface area contributed by atoms with E-state index in [4.69, 9.17) is 0 Å². The van der Waals surface area contributed by atoms with Crippen molar-refractivity contribution in [3.05, 3.63) is 59.9 Å². The second kappa shape index (κ2) is 1.21. The molecule has 4 heteroatoms. The fourth-order valence-electron chi connectivity index (χ4n) is 18.5. The summed E-state index contributed by atoms with van der Waals surface area (Å²) in [5.41, 5.74) is 3.39. The summed E-state index contributed by atoms with van der Waals surface area (Å²) in [6.07, 6.45) is 3.39. The number of nitrogens with zero attached hydrogens (tertiary/aromatic N) is 1. The van der Waals surface area contributed by atoms with Crippen LogP contribution in [0.1, 0.15) is 15.9 Å². The van der Waals surface area contributed by atoms with Gasteiger partial charge in [-0.1, -0.05) is 0 Å². The van der Waals surface area contributed by atoms with E-state index in [2.05, 4.69) is 34.6 Å². The number of carbonyl (C=O) groups is 1. The monoisotopic (exact) mass is 382 g/mol. The zero-order valence-corrected chi connectivity index (χ0v) is 15.1. The number of para-hydroxylation sites is 1. The molecule has 0 saturated carbocycles. The molecule has 1 N–H and O–H groups in total. The van der Waals surface area contributed by atoms with Gasteiger partial charge in [-0.05, 0) is 0 Å². The Labute approximate surface area is 140 Å². The van der Waals surface area contributed by atoms with Gasteiger partial charge < -0.3 is 0 Å². The predicted molar refractivity (Wildman–Crippen MR) is 94.1 cm³/mol. The van der Waals surface area contributed by atoms with Gasteiger partial charge in [-0.25, -0.2) is 0 Å². The molecule has 4 unspecified atom stereocenters. The zero-order chi connectivity index (χ0) is 16.4. The van der Waals surface area contributed by atoms with E-state index in [0.29, 0.717) is 9.88 Å². The van der Waals surface area contributed by atoms with Crippen molar-refractivity contribution in [1.82, 2.24) is 4.98 Å². The van der Waals surface area contributed by atoms with Gasteiger partial charge in [0.1, 0.15) is 0 Å². The topological polar surface area (TPSA) is 42.0 Å². The minimum absolute atomic E-state index is 0.00257. The number of pyridine rings is 1. The number of nitrogens with one attached hydrogen (secondary N) is 1. The van der Waals surface area contributed by atoms with E-state index < -0.39 is 6.51 Å². The van der Waals surface area contributed by atoms with E-state index in [1.165, 1.54) is 43.3 Å². The molecule has 26 heavy (non-hydrogen) atoms. The van der Waals surface area contributed by atoms with Crippen molar-refractivity contribution < 1.29 is 11.3 Å². The summed E-state index contributed by atoms with van der Waals surface area (Å²) in [4.78, 5) is 28.5. The number of amides is 1. The Morgan fingerprint density at radius 3 is 2.15 bits per heavy atom. The summed E-state index contributed by atoms with van der Waals surface area (Å²) < 4.78 is 0.678. The molecule has 3 nitrogen and oxygen atoms in total. The predicted octanol–water partition coefficient (Wildman–Crippen LogP) is 5.13. The number of hydrogen-bond donors (Lipinski definition) is 1. The van der Waals surface area contributed by atoms with Crippen LogP contribution < -0.4 is 5.32 Å². The van der Waals surface area contributed by atoms with Crippen molar-refractivity contribution in [3.8, 4) is 0 Å². The van der Waals surface area contributed by atoms with Crippen LogP contribution in [0, 0.1) is 0 Å². The number of benzene rings is 1. The Balaban J connectivity index is 1.14. The Bertz CT molecular complexity index is 1490. The second-order valence-corrected chi connectivity index (χ2v) is 36.5. The Hall–Kier alpha value is -1.64. The third kappa shape index (κ3) is 0.171. The molecular formula is C22H18FeN2O. The van der Waals surface area contributed by atoms with Crippen LogP contribution in [0.5, 0.6) is 0 Å². The number of fused-ring (bicyclic) bond motifs is 10. The van der Waals surface area contributed by atoms with Crippen LogP contribution in [-0.2, 0) is 10.8 Å². The molecule has 12 rings (SSSR count). The summed E-state index contributed by atoms with van der Waals surface area (Å²) in [5, 5.41) is 3.30. The van der Waals surface area contributed by atoms with Gasteiger partial charge in [0.15, 0.2) is 0 Å². The first-order chi connectivity index (χ1) is 12.5. The SMILES string of the molecule is O=C(Nc1ccccc1[C]12[CH]3[CH]4[CH]5[CH]1[Fe]45321678[CH]2[CH]1[CH]6[CH]7[CH]28)c1cccnc1. The summed E-state index contributed by atoms with van der Waals surface area (Å²) >= 11 is 0. The van der Waals surface area contributed by atoms with E-state index >= 15 is 0 Å². The molecule has 1 aromatic carbocycles. The Morgan fingerprint density at radius 2 is 1.62 bits per heavy atom. The van der Waals surface area contributed by atoms with Crippen LogP contribution in [0.25, 0.3) is 0 Å². The van der Waals surface area contributed by atoms with Crippen LogP contribution in [0.4, 0.5) is 5.69 Å². The molecule has 10 fully saturated rings. The van der Waals surface area contributed by atoms with Crippen molar-refractivity contribution in [2.45, 2.75) is 47.7 Å².